The molecule has 0 bridgehead atoms. The van der Waals surface area contributed by atoms with E-state index in [-0.39, 0.29) is 5.82 Å². The van der Waals surface area contributed by atoms with E-state index in [0.717, 1.165) is 6.42 Å². The third kappa shape index (κ3) is 3.00. The molecule has 2 aromatic rings. The van der Waals surface area contributed by atoms with Crippen molar-refractivity contribution in [3.8, 4) is 0 Å². The van der Waals surface area contributed by atoms with Crippen LogP contribution in [-0.2, 0) is 17.2 Å². The SMILES string of the molecule is O=S(CCc1ccsc1)c1ccc(F)cc1. The highest BCUT2D eigenvalue weighted by Crippen LogP contribution is 2.11. The molecule has 1 heterocycles. The quantitative estimate of drug-likeness (QED) is 0.818. The maximum Gasteiger partial charge on any atom is 0.123 e. The predicted octanol–water partition coefficient (Wildman–Crippen LogP) is 3.24. The fraction of sp³-hybridized carbons (Fsp3) is 0.167. The molecule has 1 atom stereocenters. The highest BCUT2D eigenvalue weighted by molar-refractivity contribution is 7.85. The largest absolute Gasteiger partial charge is 0.254 e. The Morgan fingerprint density at radius 2 is 1.94 bits per heavy atom. The van der Waals surface area contributed by atoms with Gasteiger partial charge in [0.25, 0.3) is 0 Å². The lowest BCUT2D eigenvalue weighted by Gasteiger charge is -2.01. The van der Waals surface area contributed by atoms with Crippen LogP contribution in [0.4, 0.5) is 4.39 Å². The summed E-state index contributed by atoms with van der Waals surface area (Å²) in [4.78, 5) is 0.691. The van der Waals surface area contributed by atoms with Crippen molar-refractivity contribution in [1.82, 2.24) is 0 Å². The molecule has 0 radical (unpaired) electrons. The molecule has 0 N–H and O–H groups in total. The smallest absolute Gasteiger partial charge is 0.123 e. The van der Waals surface area contributed by atoms with Gasteiger partial charge in [0.1, 0.15) is 5.82 Å². The molecule has 0 aliphatic heterocycles. The molecule has 0 fully saturated rings. The minimum Gasteiger partial charge on any atom is -0.254 e. The Hall–Kier alpha value is -1.00. The minimum absolute atomic E-state index is 0.293. The van der Waals surface area contributed by atoms with Crippen molar-refractivity contribution in [3.05, 3.63) is 52.5 Å². The zero-order valence-corrected chi connectivity index (χ0v) is 10.2. The molecule has 1 aromatic heterocycles. The molecule has 0 saturated carbocycles. The number of rotatable bonds is 4. The van der Waals surface area contributed by atoms with E-state index in [1.165, 1.54) is 17.7 Å². The summed E-state index contributed by atoms with van der Waals surface area (Å²) in [7, 11) is -1.04. The van der Waals surface area contributed by atoms with Gasteiger partial charge < -0.3 is 0 Å². The van der Waals surface area contributed by atoms with Gasteiger partial charge in [-0.2, -0.15) is 11.3 Å². The standard InChI is InChI=1S/C12H11FOS2/c13-11-1-3-12(4-2-11)16(14)8-6-10-5-7-15-9-10/h1-5,7,9H,6,8H2. The highest BCUT2D eigenvalue weighted by Gasteiger charge is 2.04. The normalized spacial score (nSPS) is 12.6. The van der Waals surface area contributed by atoms with E-state index in [9.17, 15) is 8.60 Å². The Balaban J connectivity index is 1.95. The van der Waals surface area contributed by atoms with Crippen molar-refractivity contribution in [2.24, 2.45) is 0 Å². The summed E-state index contributed by atoms with van der Waals surface area (Å²) in [5.41, 5.74) is 1.21. The van der Waals surface area contributed by atoms with E-state index in [1.54, 1.807) is 23.5 Å². The van der Waals surface area contributed by atoms with Crippen molar-refractivity contribution in [1.29, 1.82) is 0 Å². The van der Waals surface area contributed by atoms with E-state index in [1.807, 2.05) is 11.4 Å². The summed E-state index contributed by atoms with van der Waals surface area (Å²) in [6.07, 6.45) is 0.799. The molecular formula is C12H11FOS2. The van der Waals surface area contributed by atoms with Crippen molar-refractivity contribution < 1.29 is 8.60 Å². The van der Waals surface area contributed by atoms with Gasteiger partial charge in [0.2, 0.25) is 0 Å². The second kappa shape index (κ2) is 5.37. The average Bonchev–Trinajstić information content (AvgIpc) is 2.80. The Bertz CT molecular complexity index is 462. The summed E-state index contributed by atoms with van der Waals surface area (Å²) >= 11 is 1.64. The molecule has 84 valence electrons. The number of hydrogen-bond donors (Lipinski definition) is 0. The second-order valence-electron chi connectivity index (χ2n) is 3.39. The minimum atomic E-state index is -1.04. The summed E-state index contributed by atoms with van der Waals surface area (Å²) in [6, 6.07) is 7.89. The van der Waals surface area contributed by atoms with Crippen LogP contribution in [0.15, 0.2) is 46.0 Å². The second-order valence-corrected chi connectivity index (χ2v) is 5.74. The molecule has 0 saturated heterocycles. The van der Waals surface area contributed by atoms with E-state index < -0.39 is 10.8 Å². The van der Waals surface area contributed by atoms with E-state index >= 15 is 0 Å². The van der Waals surface area contributed by atoms with Crippen molar-refractivity contribution in [3.63, 3.8) is 0 Å². The maximum atomic E-state index is 12.7. The Labute approximate surface area is 100 Å². The van der Waals surface area contributed by atoms with Gasteiger partial charge in [-0.05, 0) is 53.1 Å². The Kier molecular flexibility index (Phi) is 3.85. The molecular weight excluding hydrogens is 243 g/mol. The highest BCUT2D eigenvalue weighted by atomic mass is 32.2. The van der Waals surface area contributed by atoms with E-state index in [4.69, 9.17) is 0 Å². The first kappa shape index (κ1) is 11.5. The summed E-state index contributed by atoms with van der Waals surface area (Å²) in [5.74, 6) is 0.293. The first-order valence-electron chi connectivity index (χ1n) is 4.91. The van der Waals surface area contributed by atoms with Crippen LogP contribution < -0.4 is 0 Å². The van der Waals surface area contributed by atoms with Gasteiger partial charge >= 0.3 is 0 Å². The van der Waals surface area contributed by atoms with Crippen molar-refractivity contribution in [2.45, 2.75) is 11.3 Å². The van der Waals surface area contributed by atoms with Gasteiger partial charge in [0, 0.05) is 10.6 Å². The topological polar surface area (TPSA) is 17.1 Å². The molecule has 4 heteroatoms. The van der Waals surface area contributed by atoms with Gasteiger partial charge in [0.15, 0.2) is 0 Å². The molecule has 0 aliphatic carbocycles. The van der Waals surface area contributed by atoms with Crippen LogP contribution in [-0.4, -0.2) is 9.96 Å². The van der Waals surface area contributed by atoms with Crippen LogP contribution in [0.25, 0.3) is 0 Å². The third-order valence-corrected chi connectivity index (χ3v) is 4.34. The lowest BCUT2D eigenvalue weighted by Crippen LogP contribution is -2.00. The van der Waals surface area contributed by atoms with Crippen LogP contribution in [0.2, 0.25) is 0 Å². The predicted molar refractivity (Wildman–Crippen MR) is 65.7 cm³/mol. The van der Waals surface area contributed by atoms with Gasteiger partial charge in [-0.25, -0.2) is 4.39 Å². The van der Waals surface area contributed by atoms with Gasteiger partial charge in [-0.1, -0.05) is 0 Å². The van der Waals surface area contributed by atoms with Crippen LogP contribution in [0, 0.1) is 5.82 Å². The van der Waals surface area contributed by atoms with E-state index in [2.05, 4.69) is 5.38 Å². The number of halogens is 1. The number of benzene rings is 1. The molecule has 1 unspecified atom stereocenters. The molecule has 1 nitrogen and oxygen atoms in total. The summed E-state index contributed by atoms with van der Waals surface area (Å²) < 4.78 is 24.5. The fourth-order valence-corrected chi connectivity index (χ4v) is 3.15. The van der Waals surface area contributed by atoms with Gasteiger partial charge in [-0.3, -0.25) is 4.21 Å². The Morgan fingerprint density at radius 1 is 1.19 bits per heavy atom. The molecule has 16 heavy (non-hydrogen) atoms. The maximum absolute atomic E-state index is 12.7. The summed E-state index contributed by atoms with van der Waals surface area (Å²) in [5, 5.41) is 4.07. The number of thiophene rings is 1. The van der Waals surface area contributed by atoms with E-state index in [0.29, 0.717) is 10.6 Å². The van der Waals surface area contributed by atoms with Crippen LogP contribution in [0.3, 0.4) is 0 Å². The van der Waals surface area contributed by atoms with Crippen molar-refractivity contribution in [2.75, 3.05) is 5.75 Å². The Morgan fingerprint density at radius 3 is 2.56 bits per heavy atom. The molecule has 0 amide bonds. The average molecular weight is 254 g/mol. The van der Waals surface area contributed by atoms with Crippen LogP contribution in [0.5, 0.6) is 0 Å². The summed E-state index contributed by atoms with van der Waals surface area (Å²) in [6.45, 7) is 0. The zero-order chi connectivity index (χ0) is 11.4. The number of aryl methyl sites for hydroxylation is 1. The lowest BCUT2D eigenvalue weighted by molar-refractivity contribution is 0.626. The number of hydrogen-bond acceptors (Lipinski definition) is 2. The molecule has 2 rings (SSSR count). The first-order chi connectivity index (χ1) is 7.75. The zero-order valence-electron chi connectivity index (χ0n) is 8.56. The van der Waals surface area contributed by atoms with Gasteiger partial charge in [-0.15, -0.1) is 0 Å². The van der Waals surface area contributed by atoms with Crippen molar-refractivity contribution >= 4 is 22.1 Å². The van der Waals surface area contributed by atoms with Crippen LogP contribution >= 0.6 is 11.3 Å². The molecule has 0 spiro atoms. The molecule has 1 aromatic carbocycles. The monoisotopic (exact) mass is 254 g/mol. The van der Waals surface area contributed by atoms with Gasteiger partial charge in [0.05, 0.1) is 10.8 Å². The molecule has 0 aliphatic rings. The lowest BCUT2D eigenvalue weighted by atomic mass is 10.3. The van der Waals surface area contributed by atoms with Crippen LogP contribution in [0.1, 0.15) is 5.56 Å². The third-order valence-electron chi connectivity index (χ3n) is 2.23. The first-order valence-corrected chi connectivity index (χ1v) is 7.17. The fourth-order valence-electron chi connectivity index (χ4n) is 1.35.